The summed E-state index contributed by atoms with van der Waals surface area (Å²) >= 11 is 5.83. The van der Waals surface area contributed by atoms with E-state index in [0.717, 1.165) is 0 Å². The first kappa shape index (κ1) is 11.0. The number of nitrogens with one attached hydrogen (secondary N) is 1. The molecule has 0 aromatic carbocycles. The van der Waals surface area contributed by atoms with Gasteiger partial charge in [0.15, 0.2) is 0 Å². The summed E-state index contributed by atoms with van der Waals surface area (Å²) in [7, 11) is 0. The molecule has 1 aromatic rings. The fourth-order valence-corrected chi connectivity index (χ4v) is 1.07. The summed E-state index contributed by atoms with van der Waals surface area (Å²) in [5.74, 6) is 0.751. The van der Waals surface area contributed by atoms with Gasteiger partial charge in [0.2, 0.25) is 0 Å². The van der Waals surface area contributed by atoms with Crippen LogP contribution in [0.5, 0.6) is 0 Å². The fourth-order valence-electron chi connectivity index (χ4n) is 0.906. The number of aliphatic hydroxyl groups excluding tert-OH is 1. The molecular weight excluding hydrogens is 204 g/mol. The second-order valence-corrected chi connectivity index (χ2v) is 3.36. The topological polar surface area (TPSA) is 84.1 Å². The summed E-state index contributed by atoms with van der Waals surface area (Å²) in [4.78, 5) is 7.65. The van der Waals surface area contributed by atoms with E-state index >= 15 is 0 Å². The Balaban J connectivity index is 2.54. The lowest BCUT2D eigenvalue weighted by atomic mass is 10.3. The minimum Gasteiger partial charge on any atom is -0.393 e. The molecule has 0 radical (unpaired) electrons. The van der Waals surface area contributed by atoms with Crippen LogP contribution in [-0.2, 0) is 0 Å². The highest BCUT2D eigenvalue weighted by atomic mass is 35.5. The van der Waals surface area contributed by atoms with Crippen molar-refractivity contribution in [1.29, 1.82) is 0 Å². The summed E-state index contributed by atoms with van der Waals surface area (Å²) in [6, 6.07) is 0. The number of hydrogen-bond donors (Lipinski definition) is 3. The van der Waals surface area contributed by atoms with Crippen LogP contribution in [0.25, 0.3) is 0 Å². The van der Waals surface area contributed by atoms with Gasteiger partial charge in [-0.15, -0.1) is 0 Å². The molecule has 0 unspecified atom stereocenters. The van der Waals surface area contributed by atoms with Crippen LogP contribution in [0, 0.1) is 0 Å². The lowest BCUT2D eigenvalue weighted by Gasteiger charge is -2.08. The van der Waals surface area contributed by atoms with Crippen molar-refractivity contribution in [2.75, 3.05) is 17.6 Å². The zero-order valence-corrected chi connectivity index (χ0v) is 8.62. The molecule has 1 heterocycles. The minimum absolute atomic E-state index is 0.251. The maximum Gasteiger partial charge on any atom is 0.150 e. The third-order valence-electron chi connectivity index (χ3n) is 1.67. The molecule has 0 aliphatic rings. The van der Waals surface area contributed by atoms with Crippen molar-refractivity contribution in [1.82, 2.24) is 9.97 Å². The molecule has 0 aliphatic heterocycles. The molecule has 6 heteroatoms. The lowest BCUT2D eigenvalue weighted by Crippen LogP contribution is -2.11. The smallest absolute Gasteiger partial charge is 0.150 e. The van der Waals surface area contributed by atoms with Gasteiger partial charge in [0.1, 0.15) is 23.0 Å². The van der Waals surface area contributed by atoms with Gasteiger partial charge >= 0.3 is 0 Å². The van der Waals surface area contributed by atoms with E-state index in [-0.39, 0.29) is 11.9 Å². The summed E-state index contributed by atoms with van der Waals surface area (Å²) in [5, 5.41) is 12.3. The van der Waals surface area contributed by atoms with Crippen molar-refractivity contribution in [3.8, 4) is 0 Å². The zero-order chi connectivity index (χ0) is 10.6. The second kappa shape index (κ2) is 4.97. The van der Waals surface area contributed by atoms with Gasteiger partial charge in [-0.05, 0) is 13.3 Å². The van der Waals surface area contributed by atoms with Gasteiger partial charge in [-0.25, -0.2) is 9.97 Å². The second-order valence-electron chi connectivity index (χ2n) is 2.99. The van der Waals surface area contributed by atoms with Crippen molar-refractivity contribution in [2.45, 2.75) is 19.4 Å². The maximum absolute atomic E-state index is 9.02. The Bertz CT molecular complexity index is 305. The largest absolute Gasteiger partial charge is 0.393 e. The van der Waals surface area contributed by atoms with Crippen molar-refractivity contribution in [2.24, 2.45) is 0 Å². The van der Waals surface area contributed by atoms with Crippen molar-refractivity contribution >= 4 is 23.2 Å². The number of rotatable bonds is 4. The molecule has 14 heavy (non-hydrogen) atoms. The number of nitrogens with zero attached hydrogens (tertiary/aromatic N) is 2. The molecular formula is C8H13ClN4O. The van der Waals surface area contributed by atoms with Crippen LogP contribution < -0.4 is 11.1 Å². The monoisotopic (exact) mass is 216 g/mol. The highest BCUT2D eigenvalue weighted by molar-refractivity contribution is 6.35. The van der Waals surface area contributed by atoms with Crippen molar-refractivity contribution in [3.63, 3.8) is 0 Å². The molecule has 78 valence electrons. The van der Waals surface area contributed by atoms with Crippen LogP contribution >= 0.6 is 11.6 Å². The number of nitrogen functional groups attached to an aromatic ring is 1. The third-order valence-corrected chi connectivity index (χ3v) is 2.04. The van der Waals surface area contributed by atoms with Gasteiger partial charge < -0.3 is 16.2 Å². The van der Waals surface area contributed by atoms with E-state index in [1.54, 1.807) is 6.92 Å². The predicted molar refractivity (Wildman–Crippen MR) is 56.2 cm³/mol. The Kier molecular flexibility index (Phi) is 3.91. The van der Waals surface area contributed by atoms with Gasteiger partial charge in [-0.3, -0.25) is 0 Å². The molecule has 0 aliphatic carbocycles. The van der Waals surface area contributed by atoms with Crippen LogP contribution in [0.4, 0.5) is 11.6 Å². The van der Waals surface area contributed by atoms with E-state index in [1.807, 2.05) is 0 Å². The minimum atomic E-state index is -0.347. The van der Waals surface area contributed by atoms with E-state index in [9.17, 15) is 0 Å². The molecule has 0 amide bonds. The van der Waals surface area contributed by atoms with E-state index < -0.39 is 0 Å². The van der Waals surface area contributed by atoms with E-state index in [0.29, 0.717) is 23.8 Å². The van der Waals surface area contributed by atoms with Gasteiger partial charge in [0, 0.05) is 6.54 Å². The molecule has 1 atom stereocenters. The van der Waals surface area contributed by atoms with Gasteiger partial charge in [-0.1, -0.05) is 11.6 Å². The molecule has 0 fully saturated rings. The first-order valence-electron chi connectivity index (χ1n) is 4.29. The van der Waals surface area contributed by atoms with Crippen LogP contribution in [0.3, 0.4) is 0 Å². The number of aromatic nitrogens is 2. The normalized spacial score (nSPS) is 12.5. The number of hydrogen-bond acceptors (Lipinski definition) is 5. The summed E-state index contributed by atoms with van der Waals surface area (Å²) in [6.07, 6.45) is 1.62. The molecule has 5 nitrogen and oxygen atoms in total. The van der Waals surface area contributed by atoms with Gasteiger partial charge in [0.25, 0.3) is 0 Å². The number of aliphatic hydroxyl groups is 1. The first-order chi connectivity index (χ1) is 6.61. The molecule has 0 bridgehead atoms. The SMILES string of the molecule is C[C@@H](O)CCNc1ncnc(N)c1Cl. The van der Waals surface area contributed by atoms with Crippen molar-refractivity contribution in [3.05, 3.63) is 11.3 Å². The number of nitrogens with two attached hydrogens (primary N) is 1. The molecule has 0 spiro atoms. The average molecular weight is 217 g/mol. The Morgan fingerprint density at radius 3 is 3.00 bits per heavy atom. The average Bonchev–Trinajstić information content (AvgIpc) is 2.12. The van der Waals surface area contributed by atoms with Crippen molar-refractivity contribution < 1.29 is 5.11 Å². The van der Waals surface area contributed by atoms with Gasteiger partial charge in [0.05, 0.1) is 6.10 Å². The molecule has 0 saturated carbocycles. The molecule has 0 saturated heterocycles. The number of halogens is 1. The Hall–Kier alpha value is -1.07. The first-order valence-corrected chi connectivity index (χ1v) is 4.67. The van der Waals surface area contributed by atoms with Crippen LogP contribution in [0.15, 0.2) is 6.33 Å². The highest BCUT2D eigenvalue weighted by Crippen LogP contribution is 2.22. The number of anilines is 2. The van der Waals surface area contributed by atoms with E-state index in [2.05, 4.69) is 15.3 Å². The van der Waals surface area contributed by atoms with Crippen LogP contribution in [-0.4, -0.2) is 27.7 Å². The standard InChI is InChI=1S/C8H13ClN4O/c1-5(14)2-3-11-8-6(9)7(10)12-4-13-8/h4-5,14H,2-3H2,1H3,(H3,10,11,12,13)/t5-/m1/s1. The maximum atomic E-state index is 9.02. The third kappa shape index (κ3) is 3.01. The quantitative estimate of drug-likeness (QED) is 0.696. The van der Waals surface area contributed by atoms with Crippen LogP contribution in [0.2, 0.25) is 5.02 Å². The summed E-state index contributed by atoms with van der Waals surface area (Å²) < 4.78 is 0. The Morgan fingerprint density at radius 1 is 1.64 bits per heavy atom. The highest BCUT2D eigenvalue weighted by Gasteiger charge is 2.05. The molecule has 4 N–H and O–H groups in total. The molecule has 1 rings (SSSR count). The summed E-state index contributed by atoms with van der Waals surface area (Å²) in [6.45, 7) is 2.31. The van der Waals surface area contributed by atoms with Crippen LogP contribution in [0.1, 0.15) is 13.3 Å². The Labute approximate surface area is 87.3 Å². The zero-order valence-electron chi connectivity index (χ0n) is 7.87. The summed E-state index contributed by atoms with van der Waals surface area (Å²) in [5.41, 5.74) is 5.48. The Morgan fingerprint density at radius 2 is 2.36 bits per heavy atom. The van der Waals surface area contributed by atoms with E-state index in [4.69, 9.17) is 22.4 Å². The predicted octanol–water partition coefficient (Wildman–Crippen LogP) is 0.895. The van der Waals surface area contributed by atoms with Gasteiger partial charge in [-0.2, -0.15) is 0 Å². The fraction of sp³-hybridized carbons (Fsp3) is 0.500. The lowest BCUT2D eigenvalue weighted by molar-refractivity contribution is 0.188. The van der Waals surface area contributed by atoms with E-state index in [1.165, 1.54) is 6.33 Å². The molecule has 1 aromatic heterocycles.